The fraction of sp³-hybridized carbons (Fsp3) is 0.900. The van der Waals surface area contributed by atoms with Gasteiger partial charge in [0.1, 0.15) is 6.04 Å². The molecule has 5 N–H and O–H groups in total. The van der Waals surface area contributed by atoms with E-state index in [0.717, 1.165) is 17.3 Å². The first-order valence-electron chi connectivity index (χ1n) is 5.16. The molecule has 0 bridgehead atoms. The Hall–Kier alpha value is -0.650. The van der Waals surface area contributed by atoms with E-state index in [1.807, 2.05) is 0 Å². The summed E-state index contributed by atoms with van der Waals surface area (Å²) in [5, 5.41) is 8.33. The van der Waals surface area contributed by atoms with E-state index in [1.54, 1.807) is 0 Å². The summed E-state index contributed by atoms with van der Waals surface area (Å²) in [5.41, 5.74) is 10.4. The standard InChI is InChI=1S/C6H14N2O2.C4H12N/c7-4-2-1-3-5(8)6(9)10;1-5(2,3)4/h5H,1-4,7-8H2,(H,9,10);1-4H3/q;+1/t5-;/m0./s1. The van der Waals surface area contributed by atoms with Crippen LogP contribution in [0.1, 0.15) is 19.3 Å². The van der Waals surface area contributed by atoms with E-state index in [4.69, 9.17) is 16.6 Å². The molecule has 5 nitrogen and oxygen atoms in total. The number of nitrogens with two attached hydrogens (primary N) is 2. The molecule has 0 aromatic heterocycles. The number of carboxylic acids is 1. The first-order valence-corrected chi connectivity index (χ1v) is 5.16. The molecule has 0 aliphatic carbocycles. The number of hydrogen-bond acceptors (Lipinski definition) is 3. The molecule has 0 aliphatic rings. The van der Waals surface area contributed by atoms with Crippen molar-refractivity contribution in [2.75, 3.05) is 34.7 Å². The largest absolute Gasteiger partial charge is 0.480 e. The number of quaternary nitrogens is 1. The summed E-state index contributed by atoms with van der Waals surface area (Å²) in [7, 11) is 8.50. The Bertz CT molecular complexity index is 161. The van der Waals surface area contributed by atoms with Gasteiger partial charge in [-0.05, 0) is 19.4 Å². The molecule has 0 aliphatic heterocycles. The maximum atomic E-state index is 10.1. The van der Waals surface area contributed by atoms with Gasteiger partial charge in [0.2, 0.25) is 0 Å². The second-order valence-corrected chi connectivity index (χ2v) is 4.91. The van der Waals surface area contributed by atoms with Crippen molar-refractivity contribution in [3.63, 3.8) is 0 Å². The SMILES string of the molecule is C[N+](C)(C)C.NCCCC[C@H](N)C(=O)O. The van der Waals surface area contributed by atoms with Crippen LogP contribution < -0.4 is 11.5 Å². The second kappa shape index (κ2) is 8.64. The van der Waals surface area contributed by atoms with Gasteiger partial charge in [-0.25, -0.2) is 0 Å². The summed E-state index contributed by atoms with van der Waals surface area (Å²) >= 11 is 0. The van der Waals surface area contributed by atoms with E-state index >= 15 is 0 Å². The minimum Gasteiger partial charge on any atom is -0.480 e. The van der Waals surface area contributed by atoms with E-state index in [1.165, 1.54) is 0 Å². The number of carboxylic acid groups (broad SMARTS) is 1. The van der Waals surface area contributed by atoms with Crippen LogP contribution in [0.2, 0.25) is 0 Å². The molecule has 0 spiro atoms. The van der Waals surface area contributed by atoms with Crippen LogP contribution in [0.3, 0.4) is 0 Å². The molecule has 0 amide bonds. The average Bonchev–Trinajstić information content (AvgIpc) is 2.01. The second-order valence-electron chi connectivity index (χ2n) is 4.91. The topological polar surface area (TPSA) is 89.3 Å². The van der Waals surface area contributed by atoms with Gasteiger partial charge in [-0.3, -0.25) is 4.79 Å². The van der Waals surface area contributed by atoms with Crippen molar-refractivity contribution in [1.29, 1.82) is 0 Å². The van der Waals surface area contributed by atoms with Crippen LogP contribution in [-0.4, -0.2) is 56.3 Å². The molecular weight excluding hydrogens is 194 g/mol. The van der Waals surface area contributed by atoms with Crippen LogP contribution in [-0.2, 0) is 4.79 Å². The molecule has 0 unspecified atom stereocenters. The van der Waals surface area contributed by atoms with Gasteiger partial charge in [0.15, 0.2) is 0 Å². The summed E-state index contributed by atoms with van der Waals surface area (Å²) in [6, 6.07) is -0.716. The molecule has 5 heteroatoms. The molecule has 0 rings (SSSR count). The Morgan fingerprint density at radius 2 is 1.67 bits per heavy atom. The molecule has 1 atom stereocenters. The number of nitrogens with zero attached hydrogens (tertiary/aromatic N) is 1. The molecule has 15 heavy (non-hydrogen) atoms. The zero-order chi connectivity index (χ0) is 12.5. The van der Waals surface area contributed by atoms with Crippen molar-refractivity contribution in [1.82, 2.24) is 0 Å². The van der Waals surface area contributed by atoms with Crippen LogP contribution in [0.25, 0.3) is 0 Å². The van der Waals surface area contributed by atoms with Crippen LogP contribution in [0.5, 0.6) is 0 Å². The van der Waals surface area contributed by atoms with Gasteiger partial charge in [0, 0.05) is 0 Å². The number of carbonyl (C=O) groups is 1. The number of aliphatic carboxylic acids is 1. The lowest BCUT2D eigenvalue weighted by Gasteiger charge is -2.14. The summed E-state index contributed by atoms with van der Waals surface area (Å²) in [5.74, 6) is -0.933. The van der Waals surface area contributed by atoms with Gasteiger partial charge in [0.25, 0.3) is 0 Å². The monoisotopic (exact) mass is 220 g/mol. The maximum absolute atomic E-state index is 10.1. The Balaban J connectivity index is 0. The third-order valence-corrected chi connectivity index (χ3v) is 1.29. The summed E-state index contributed by atoms with van der Waals surface area (Å²) in [6.45, 7) is 0.604. The average molecular weight is 220 g/mol. The summed E-state index contributed by atoms with van der Waals surface area (Å²) < 4.78 is 1.00. The van der Waals surface area contributed by atoms with E-state index < -0.39 is 12.0 Å². The maximum Gasteiger partial charge on any atom is 0.320 e. The highest BCUT2D eigenvalue weighted by Crippen LogP contribution is 1.96. The van der Waals surface area contributed by atoms with Gasteiger partial charge < -0.3 is 21.1 Å². The lowest BCUT2D eigenvalue weighted by Crippen LogP contribution is -2.29. The van der Waals surface area contributed by atoms with Crippen molar-refractivity contribution in [3.05, 3.63) is 0 Å². The first-order chi connectivity index (χ1) is 6.68. The molecule has 0 aromatic carbocycles. The molecule has 92 valence electrons. The highest BCUT2D eigenvalue weighted by molar-refractivity contribution is 5.72. The molecule has 0 fully saturated rings. The van der Waals surface area contributed by atoms with Crippen LogP contribution in [0.4, 0.5) is 0 Å². The van der Waals surface area contributed by atoms with Gasteiger partial charge in [0.05, 0.1) is 28.2 Å². The molecule has 0 radical (unpaired) electrons. The highest BCUT2D eigenvalue weighted by atomic mass is 16.4. The quantitative estimate of drug-likeness (QED) is 0.444. The van der Waals surface area contributed by atoms with Gasteiger partial charge in [-0.15, -0.1) is 0 Å². The normalized spacial score (nSPS) is 12.7. The summed E-state index contributed by atoms with van der Waals surface area (Å²) in [4.78, 5) is 10.1. The van der Waals surface area contributed by atoms with Crippen LogP contribution in [0, 0.1) is 0 Å². The zero-order valence-corrected chi connectivity index (χ0v) is 10.4. The Kier molecular flexibility index (Phi) is 9.66. The van der Waals surface area contributed by atoms with Crippen LogP contribution >= 0.6 is 0 Å². The predicted molar refractivity (Wildman–Crippen MR) is 62.5 cm³/mol. The minimum atomic E-state index is -0.933. The fourth-order valence-corrected chi connectivity index (χ4v) is 0.632. The van der Waals surface area contributed by atoms with Crippen molar-refractivity contribution in [3.8, 4) is 0 Å². The van der Waals surface area contributed by atoms with Crippen molar-refractivity contribution >= 4 is 5.97 Å². The molecular formula is C10H26N3O2+. The number of unbranched alkanes of at least 4 members (excludes halogenated alkanes) is 1. The van der Waals surface area contributed by atoms with Crippen molar-refractivity contribution < 1.29 is 14.4 Å². The highest BCUT2D eigenvalue weighted by Gasteiger charge is 2.09. The Morgan fingerprint density at radius 3 is 1.93 bits per heavy atom. The van der Waals surface area contributed by atoms with Crippen molar-refractivity contribution in [2.45, 2.75) is 25.3 Å². The summed E-state index contributed by atoms with van der Waals surface area (Å²) in [6.07, 6.45) is 2.16. The lowest BCUT2D eigenvalue weighted by atomic mass is 10.1. The molecule has 0 saturated heterocycles. The Morgan fingerprint density at radius 1 is 1.27 bits per heavy atom. The predicted octanol–water partition coefficient (Wildman–Crippen LogP) is -0.150. The fourth-order valence-electron chi connectivity index (χ4n) is 0.632. The van der Waals surface area contributed by atoms with Gasteiger partial charge in [-0.2, -0.15) is 0 Å². The first kappa shape index (κ1) is 16.8. The van der Waals surface area contributed by atoms with Crippen LogP contribution in [0.15, 0.2) is 0 Å². The van der Waals surface area contributed by atoms with E-state index in [2.05, 4.69) is 28.2 Å². The van der Waals surface area contributed by atoms with E-state index in [0.29, 0.717) is 13.0 Å². The lowest BCUT2D eigenvalue weighted by molar-refractivity contribution is -0.849. The molecule has 0 aromatic rings. The van der Waals surface area contributed by atoms with Gasteiger partial charge in [-0.1, -0.05) is 6.42 Å². The smallest absolute Gasteiger partial charge is 0.320 e. The molecule has 0 heterocycles. The number of hydrogen-bond donors (Lipinski definition) is 3. The third-order valence-electron chi connectivity index (χ3n) is 1.29. The zero-order valence-electron chi connectivity index (χ0n) is 10.4. The van der Waals surface area contributed by atoms with E-state index in [-0.39, 0.29) is 0 Å². The third kappa shape index (κ3) is 24.7. The minimum absolute atomic E-state index is 0.520. The van der Waals surface area contributed by atoms with Crippen molar-refractivity contribution in [2.24, 2.45) is 11.5 Å². The number of rotatable bonds is 5. The Labute approximate surface area is 92.6 Å². The van der Waals surface area contributed by atoms with Gasteiger partial charge >= 0.3 is 5.97 Å². The molecule has 0 saturated carbocycles. The van der Waals surface area contributed by atoms with E-state index in [9.17, 15) is 4.79 Å².